The van der Waals surface area contributed by atoms with Crippen LogP contribution in [-0.4, -0.2) is 12.6 Å². The molecule has 0 amide bonds. The number of esters is 1. The fourth-order valence-corrected chi connectivity index (χ4v) is 1.31. The zero-order chi connectivity index (χ0) is 11.1. The molecule has 2 nitrogen and oxygen atoms in total. The maximum absolute atomic E-state index is 13.5. The normalized spacial score (nSPS) is 12.1. The molecule has 1 atom stereocenters. The number of alkyl halides is 1. The zero-order valence-electron chi connectivity index (χ0n) is 8.78. The van der Waals surface area contributed by atoms with E-state index in [2.05, 4.69) is 0 Å². The van der Waals surface area contributed by atoms with Crippen molar-refractivity contribution in [3.8, 4) is 0 Å². The van der Waals surface area contributed by atoms with Gasteiger partial charge in [0, 0.05) is 6.92 Å². The predicted molar refractivity (Wildman–Crippen MR) is 56.2 cm³/mol. The molecule has 1 aromatic carbocycles. The SMILES string of the molecule is CC(=O)OCCCC(F)c1ccccc1. The molecule has 1 rings (SSSR count). The van der Waals surface area contributed by atoms with Crippen LogP contribution in [0.4, 0.5) is 4.39 Å². The second-order valence-corrected chi connectivity index (χ2v) is 3.36. The number of hydrogen-bond acceptors (Lipinski definition) is 2. The molecule has 1 aromatic rings. The molecule has 3 heteroatoms. The minimum atomic E-state index is -0.971. The number of carbonyl (C=O) groups is 1. The molecule has 0 heterocycles. The average molecular weight is 210 g/mol. The van der Waals surface area contributed by atoms with Gasteiger partial charge in [0.15, 0.2) is 0 Å². The Morgan fingerprint density at radius 2 is 2.07 bits per heavy atom. The molecule has 0 fully saturated rings. The van der Waals surface area contributed by atoms with Crippen molar-refractivity contribution in [2.45, 2.75) is 25.9 Å². The van der Waals surface area contributed by atoms with Crippen LogP contribution in [-0.2, 0) is 9.53 Å². The molecule has 15 heavy (non-hydrogen) atoms. The lowest BCUT2D eigenvalue weighted by Crippen LogP contribution is -2.02. The van der Waals surface area contributed by atoms with E-state index in [0.717, 1.165) is 0 Å². The van der Waals surface area contributed by atoms with E-state index < -0.39 is 6.17 Å². The van der Waals surface area contributed by atoms with Crippen LogP contribution in [0.3, 0.4) is 0 Å². The highest BCUT2D eigenvalue weighted by atomic mass is 19.1. The summed E-state index contributed by atoms with van der Waals surface area (Å²) in [5.74, 6) is -0.315. The minimum Gasteiger partial charge on any atom is -0.466 e. The Morgan fingerprint density at radius 1 is 1.40 bits per heavy atom. The molecular weight excluding hydrogens is 195 g/mol. The van der Waals surface area contributed by atoms with Crippen LogP contribution in [0, 0.1) is 0 Å². The number of halogens is 1. The van der Waals surface area contributed by atoms with E-state index in [9.17, 15) is 9.18 Å². The van der Waals surface area contributed by atoms with Crippen LogP contribution in [0.2, 0.25) is 0 Å². The first-order valence-corrected chi connectivity index (χ1v) is 5.02. The van der Waals surface area contributed by atoms with Gasteiger partial charge in [-0.2, -0.15) is 0 Å². The third-order valence-corrected chi connectivity index (χ3v) is 2.07. The molecule has 1 unspecified atom stereocenters. The zero-order valence-corrected chi connectivity index (χ0v) is 8.78. The Kier molecular flexibility index (Phi) is 4.81. The number of ether oxygens (including phenoxy) is 1. The highest BCUT2D eigenvalue weighted by Crippen LogP contribution is 2.21. The van der Waals surface area contributed by atoms with Crippen LogP contribution in [0.25, 0.3) is 0 Å². The van der Waals surface area contributed by atoms with Gasteiger partial charge in [-0.25, -0.2) is 4.39 Å². The number of carbonyl (C=O) groups excluding carboxylic acids is 1. The quantitative estimate of drug-likeness (QED) is 0.551. The second-order valence-electron chi connectivity index (χ2n) is 3.36. The smallest absolute Gasteiger partial charge is 0.302 e. The van der Waals surface area contributed by atoms with Crippen molar-refractivity contribution in [1.82, 2.24) is 0 Å². The number of hydrogen-bond donors (Lipinski definition) is 0. The first-order valence-electron chi connectivity index (χ1n) is 5.02. The summed E-state index contributed by atoms with van der Waals surface area (Å²) in [6.07, 6.45) is -0.0332. The first-order chi connectivity index (χ1) is 7.20. The molecule has 0 aliphatic heterocycles. The Morgan fingerprint density at radius 3 is 2.67 bits per heavy atom. The molecular formula is C12H15FO2. The van der Waals surface area contributed by atoms with Crippen molar-refractivity contribution in [1.29, 1.82) is 0 Å². The molecule has 82 valence electrons. The van der Waals surface area contributed by atoms with Gasteiger partial charge in [0.25, 0.3) is 0 Å². The topological polar surface area (TPSA) is 26.3 Å². The van der Waals surface area contributed by atoms with Crippen LogP contribution >= 0.6 is 0 Å². The third-order valence-electron chi connectivity index (χ3n) is 2.07. The van der Waals surface area contributed by atoms with E-state index in [0.29, 0.717) is 25.0 Å². The lowest BCUT2D eigenvalue weighted by atomic mass is 10.1. The number of rotatable bonds is 5. The van der Waals surface area contributed by atoms with Crippen molar-refractivity contribution in [2.24, 2.45) is 0 Å². The van der Waals surface area contributed by atoms with Crippen molar-refractivity contribution in [3.05, 3.63) is 35.9 Å². The molecule has 0 aromatic heterocycles. The van der Waals surface area contributed by atoms with E-state index in [1.165, 1.54) is 6.92 Å². The second kappa shape index (κ2) is 6.17. The molecule has 0 saturated carbocycles. The fraction of sp³-hybridized carbons (Fsp3) is 0.417. The summed E-state index contributed by atoms with van der Waals surface area (Å²) >= 11 is 0. The van der Waals surface area contributed by atoms with Gasteiger partial charge in [0.1, 0.15) is 6.17 Å². The first kappa shape index (κ1) is 11.7. The van der Waals surface area contributed by atoms with E-state index in [-0.39, 0.29) is 5.97 Å². The molecule has 0 saturated heterocycles. The lowest BCUT2D eigenvalue weighted by Gasteiger charge is -2.07. The number of benzene rings is 1. The molecule has 0 bridgehead atoms. The molecule has 0 N–H and O–H groups in total. The summed E-state index contributed by atoms with van der Waals surface area (Å²) in [7, 11) is 0. The van der Waals surface area contributed by atoms with Crippen LogP contribution < -0.4 is 0 Å². The summed E-state index contributed by atoms with van der Waals surface area (Å²) in [5, 5.41) is 0. The highest BCUT2D eigenvalue weighted by molar-refractivity contribution is 5.65. The van der Waals surface area contributed by atoms with Crippen LogP contribution in [0.5, 0.6) is 0 Å². The molecule has 0 aliphatic rings. The largest absolute Gasteiger partial charge is 0.466 e. The average Bonchev–Trinajstić information content (AvgIpc) is 2.25. The maximum atomic E-state index is 13.5. The van der Waals surface area contributed by atoms with Crippen molar-refractivity contribution < 1.29 is 13.9 Å². The van der Waals surface area contributed by atoms with Crippen LogP contribution in [0.15, 0.2) is 30.3 Å². The Balaban J connectivity index is 2.25. The summed E-state index contributed by atoms with van der Waals surface area (Å²) in [5.41, 5.74) is 0.681. The lowest BCUT2D eigenvalue weighted by molar-refractivity contribution is -0.141. The van der Waals surface area contributed by atoms with E-state index in [4.69, 9.17) is 4.74 Å². The predicted octanol–water partition coefficient (Wildman–Crippen LogP) is 3.04. The minimum absolute atomic E-state index is 0.294. The van der Waals surface area contributed by atoms with Gasteiger partial charge in [-0.05, 0) is 18.4 Å². The van der Waals surface area contributed by atoms with Gasteiger partial charge in [-0.3, -0.25) is 4.79 Å². The fourth-order valence-electron chi connectivity index (χ4n) is 1.31. The molecule has 0 radical (unpaired) electrons. The maximum Gasteiger partial charge on any atom is 0.302 e. The summed E-state index contributed by atoms with van der Waals surface area (Å²) in [6, 6.07) is 9.00. The monoisotopic (exact) mass is 210 g/mol. The van der Waals surface area contributed by atoms with E-state index >= 15 is 0 Å². The van der Waals surface area contributed by atoms with Crippen LogP contribution in [0.1, 0.15) is 31.5 Å². The molecule has 0 aliphatic carbocycles. The van der Waals surface area contributed by atoms with Gasteiger partial charge >= 0.3 is 5.97 Å². The van der Waals surface area contributed by atoms with Crippen molar-refractivity contribution in [3.63, 3.8) is 0 Å². The van der Waals surface area contributed by atoms with Gasteiger partial charge in [0.05, 0.1) is 6.61 Å². The third kappa shape index (κ3) is 4.58. The molecule has 0 spiro atoms. The Labute approximate surface area is 89.1 Å². The summed E-state index contributed by atoms with van der Waals surface area (Å²) in [4.78, 5) is 10.4. The van der Waals surface area contributed by atoms with Gasteiger partial charge in [-0.1, -0.05) is 30.3 Å². The van der Waals surface area contributed by atoms with Gasteiger partial charge in [0.2, 0.25) is 0 Å². The van der Waals surface area contributed by atoms with Crippen molar-refractivity contribution >= 4 is 5.97 Å². The van der Waals surface area contributed by atoms with Gasteiger partial charge in [-0.15, -0.1) is 0 Å². The Hall–Kier alpha value is -1.38. The van der Waals surface area contributed by atoms with E-state index in [1.54, 1.807) is 12.1 Å². The standard InChI is InChI=1S/C12H15FO2/c1-10(14)15-9-5-8-12(13)11-6-3-2-4-7-11/h2-4,6-7,12H,5,8-9H2,1H3. The highest BCUT2D eigenvalue weighted by Gasteiger charge is 2.08. The Bertz CT molecular complexity index is 298. The van der Waals surface area contributed by atoms with Crippen molar-refractivity contribution in [2.75, 3.05) is 6.61 Å². The van der Waals surface area contributed by atoms with Gasteiger partial charge < -0.3 is 4.74 Å². The summed E-state index contributed by atoms with van der Waals surface area (Å²) in [6.45, 7) is 1.65. The van der Waals surface area contributed by atoms with E-state index in [1.807, 2.05) is 18.2 Å². The summed E-state index contributed by atoms with van der Waals surface area (Å²) < 4.78 is 18.2.